The SMILES string of the molecule is N#Cc1ccc(COc2cccnc2C(=O)NC(=O)CN)cc1. The quantitative estimate of drug-likeness (QED) is 0.841. The lowest BCUT2D eigenvalue weighted by Crippen LogP contribution is -2.36. The smallest absolute Gasteiger partial charge is 0.280 e. The maximum absolute atomic E-state index is 12.0. The monoisotopic (exact) mass is 310 g/mol. The van der Waals surface area contributed by atoms with E-state index in [0.29, 0.717) is 5.56 Å². The molecule has 0 radical (unpaired) electrons. The third-order valence-electron chi connectivity index (χ3n) is 2.90. The minimum atomic E-state index is -0.670. The molecule has 2 rings (SSSR count). The first-order chi connectivity index (χ1) is 11.1. The summed E-state index contributed by atoms with van der Waals surface area (Å²) in [5.74, 6) is -1.02. The highest BCUT2D eigenvalue weighted by Crippen LogP contribution is 2.17. The molecule has 0 unspecified atom stereocenters. The molecule has 0 saturated carbocycles. The predicted octanol–water partition coefficient (Wildman–Crippen LogP) is 0.747. The number of nitrogens with zero attached hydrogens (tertiary/aromatic N) is 2. The Hall–Kier alpha value is -3.24. The van der Waals surface area contributed by atoms with Crippen molar-refractivity contribution in [2.75, 3.05) is 6.54 Å². The largest absolute Gasteiger partial charge is 0.486 e. The number of amides is 2. The molecule has 0 bridgehead atoms. The number of hydrogen-bond acceptors (Lipinski definition) is 6. The first kappa shape index (κ1) is 16.1. The average molecular weight is 310 g/mol. The average Bonchev–Trinajstić information content (AvgIpc) is 2.60. The number of ether oxygens (including phenoxy) is 1. The Bertz CT molecular complexity index is 751. The number of benzene rings is 1. The molecular formula is C16H14N4O3. The van der Waals surface area contributed by atoms with Gasteiger partial charge < -0.3 is 10.5 Å². The molecule has 3 N–H and O–H groups in total. The Morgan fingerprint density at radius 1 is 1.26 bits per heavy atom. The van der Waals surface area contributed by atoms with Gasteiger partial charge in [0.1, 0.15) is 6.61 Å². The number of pyridine rings is 1. The number of nitriles is 1. The van der Waals surface area contributed by atoms with E-state index in [-0.39, 0.29) is 24.6 Å². The van der Waals surface area contributed by atoms with Gasteiger partial charge in [-0.25, -0.2) is 4.98 Å². The molecule has 0 aliphatic carbocycles. The number of rotatable bonds is 5. The molecule has 0 aliphatic heterocycles. The van der Waals surface area contributed by atoms with Gasteiger partial charge in [0.25, 0.3) is 5.91 Å². The van der Waals surface area contributed by atoms with E-state index in [9.17, 15) is 9.59 Å². The minimum Gasteiger partial charge on any atom is -0.486 e. The van der Waals surface area contributed by atoms with Crippen molar-refractivity contribution < 1.29 is 14.3 Å². The highest BCUT2D eigenvalue weighted by Gasteiger charge is 2.16. The van der Waals surface area contributed by atoms with E-state index >= 15 is 0 Å². The highest BCUT2D eigenvalue weighted by molar-refractivity contribution is 6.05. The van der Waals surface area contributed by atoms with Gasteiger partial charge in [0.2, 0.25) is 5.91 Å². The minimum absolute atomic E-state index is 0.00273. The van der Waals surface area contributed by atoms with Crippen LogP contribution >= 0.6 is 0 Å². The van der Waals surface area contributed by atoms with Crippen molar-refractivity contribution in [3.8, 4) is 11.8 Å². The summed E-state index contributed by atoms with van der Waals surface area (Å²) in [6.45, 7) is -0.0947. The number of hydrogen-bond donors (Lipinski definition) is 2. The van der Waals surface area contributed by atoms with E-state index < -0.39 is 11.8 Å². The second kappa shape index (κ2) is 7.68. The summed E-state index contributed by atoms with van der Waals surface area (Å²) in [4.78, 5) is 27.1. The van der Waals surface area contributed by atoms with Gasteiger partial charge in [0, 0.05) is 6.20 Å². The number of carbonyl (C=O) groups is 2. The van der Waals surface area contributed by atoms with Gasteiger partial charge in [-0.2, -0.15) is 5.26 Å². The molecule has 0 saturated heterocycles. The van der Waals surface area contributed by atoms with E-state index in [2.05, 4.69) is 10.3 Å². The zero-order valence-electron chi connectivity index (χ0n) is 12.2. The van der Waals surface area contributed by atoms with Crippen LogP contribution in [0, 0.1) is 11.3 Å². The molecule has 0 aliphatic rings. The Morgan fingerprint density at radius 2 is 2.00 bits per heavy atom. The van der Waals surface area contributed by atoms with Crippen LogP contribution in [0.3, 0.4) is 0 Å². The van der Waals surface area contributed by atoms with Crippen molar-refractivity contribution in [2.45, 2.75) is 6.61 Å². The van der Waals surface area contributed by atoms with Crippen molar-refractivity contribution in [3.05, 3.63) is 59.4 Å². The number of aromatic nitrogens is 1. The van der Waals surface area contributed by atoms with Crippen molar-refractivity contribution in [1.29, 1.82) is 5.26 Å². The summed E-state index contributed by atoms with van der Waals surface area (Å²) in [6.07, 6.45) is 1.43. The molecule has 0 fully saturated rings. The summed E-state index contributed by atoms with van der Waals surface area (Å²) in [5, 5.41) is 10.9. The normalized spacial score (nSPS) is 9.74. The van der Waals surface area contributed by atoms with Crippen LogP contribution in [-0.2, 0) is 11.4 Å². The summed E-state index contributed by atoms with van der Waals surface area (Å²) < 4.78 is 5.58. The Morgan fingerprint density at radius 3 is 2.65 bits per heavy atom. The highest BCUT2D eigenvalue weighted by atomic mass is 16.5. The predicted molar refractivity (Wildman–Crippen MR) is 81.3 cm³/mol. The molecular weight excluding hydrogens is 296 g/mol. The molecule has 1 heterocycles. The van der Waals surface area contributed by atoms with Crippen molar-refractivity contribution >= 4 is 11.8 Å². The third-order valence-corrected chi connectivity index (χ3v) is 2.90. The molecule has 116 valence electrons. The molecule has 1 aromatic carbocycles. The lowest BCUT2D eigenvalue weighted by molar-refractivity contribution is -0.118. The first-order valence-electron chi connectivity index (χ1n) is 6.75. The van der Waals surface area contributed by atoms with Crippen LogP contribution in [0.2, 0.25) is 0 Å². The van der Waals surface area contributed by atoms with Crippen molar-refractivity contribution in [3.63, 3.8) is 0 Å². The first-order valence-corrected chi connectivity index (χ1v) is 6.75. The van der Waals surface area contributed by atoms with Gasteiger partial charge in [-0.05, 0) is 29.8 Å². The number of carbonyl (C=O) groups excluding carboxylic acids is 2. The van der Waals surface area contributed by atoms with Gasteiger partial charge >= 0.3 is 0 Å². The maximum atomic E-state index is 12.0. The lowest BCUT2D eigenvalue weighted by Gasteiger charge is -2.10. The molecule has 1 aromatic heterocycles. The van der Waals surface area contributed by atoms with E-state index in [1.165, 1.54) is 6.20 Å². The van der Waals surface area contributed by atoms with E-state index in [0.717, 1.165) is 5.56 Å². The number of nitrogens with one attached hydrogen (secondary N) is 1. The third kappa shape index (κ3) is 4.36. The molecule has 0 atom stereocenters. The fourth-order valence-corrected chi connectivity index (χ4v) is 1.75. The van der Waals surface area contributed by atoms with Crippen LogP contribution < -0.4 is 15.8 Å². The molecule has 0 spiro atoms. The van der Waals surface area contributed by atoms with Crippen LogP contribution in [0.1, 0.15) is 21.6 Å². The van der Waals surface area contributed by atoms with Gasteiger partial charge in [0.05, 0.1) is 18.2 Å². The zero-order chi connectivity index (χ0) is 16.7. The van der Waals surface area contributed by atoms with Gasteiger partial charge in [-0.3, -0.25) is 14.9 Å². The van der Waals surface area contributed by atoms with Crippen molar-refractivity contribution in [2.24, 2.45) is 5.73 Å². The van der Waals surface area contributed by atoms with Crippen LogP contribution in [-0.4, -0.2) is 23.3 Å². The summed E-state index contributed by atoms with van der Waals surface area (Å²) >= 11 is 0. The summed E-state index contributed by atoms with van der Waals surface area (Å²) in [6, 6.07) is 12.1. The second-order valence-electron chi connectivity index (χ2n) is 4.53. The molecule has 7 heteroatoms. The molecule has 2 aromatic rings. The van der Waals surface area contributed by atoms with Crippen LogP contribution in [0.5, 0.6) is 5.75 Å². The standard InChI is InChI=1S/C16H14N4O3/c17-8-11-3-5-12(6-4-11)10-23-13-2-1-7-19-15(13)16(22)20-14(21)9-18/h1-7H,9-10,18H2,(H,20,21,22). The van der Waals surface area contributed by atoms with Crippen LogP contribution in [0.4, 0.5) is 0 Å². The molecule has 23 heavy (non-hydrogen) atoms. The van der Waals surface area contributed by atoms with Crippen LogP contribution in [0.15, 0.2) is 42.6 Å². The van der Waals surface area contributed by atoms with E-state index in [1.807, 2.05) is 6.07 Å². The van der Waals surface area contributed by atoms with E-state index in [1.54, 1.807) is 36.4 Å². The Kier molecular flexibility index (Phi) is 5.39. The van der Waals surface area contributed by atoms with Gasteiger partial charge in [-0.1, -0.05) is 12.1 Å². The fraction of sp³-hybridized carbons (Fsp3) is 0.125. The summed E-state index contributed by atoms with van der Waals surface area (Å²) in [7, 11) is 0. The Balaban J connectivity index is 2.09. The lowest BCUT2D eigenvalue weighted by atomic mass is 10.1. The van der Waals surface area contributed by atoms with E-state index in [4.69, 9.17) is 15.7 Å². The topological polar surface area (TPSA) is 118 Å². The molecule has 2 amide bonds. The summed E-state index contributed by atoms with van der Waals surface area (Å²) in [5.41, 5.74) is 6.54. The van der Waals surface area contributed by atoms with Crippen molar-refractivity contribution in [1.82, 2.24) is 10.3 Å². The van der Waals surface area contributed by atoms with Gasteiger partial charge in [-0.15, -0.1) is 0 Å². The van der Waals surface area contributed by atoms with Gasteiger partial charge in [0.15, 0.2) is 11.4 Å². The zero-order valence-corrected chi connectivity index (χ0v) is 12.2. The Labute approximate surface area is 132 Å². The fourth-order valence-electron chi connectivity index (χ4n) is 1.75. The molecule has 7 nitrogen and oxygen atoms in total. The number of imide groups is 1. The maximum Gasteiger partial charge on any atom is 0.280 e. The second-order valence-corrected chi connectivity index (χ2v) is 4.53. The number of nitrogens with two attached hydrogens (primary N) is 1. The van der Waals surface area contributed by atoms with Crippen LogP contribution in [0.25, 0.3) is 0 Å².